The van der Waals surface area contributed by atoms with Crippen LogP contribution in [0.5, 0.6) is 11.5 Å². The number of methoxy groups -OCH3 is 1. The Balaban J connectivity index is 1.57. The number of fused-ring (bicyclic) bond motifs is 1. The first kappa shape index (κ1) is 21.9. The summed E-state index contributed by atoms with van der Waals surface area (Å²) >= 11 is 0. The van der Waals surface area contributed by atoms with Crippen molar-refractivity contribution in [1.82, 2.24) is 25.4 Å². The fourth-order valence-corrected chi connectivity index (χ4v) is 3.71. The summed E-state index contributed by atoms with van der Waals surface area (Å²) in [6.45, 7) is 9.12. The second kappa shape index (κ2) is 10.8. The van der Waals surface area contributed by atoms with Gasteiger partial charge in [-0.2, -0.15) is 5.10 Å². The number of aliphatic imine (C=N–C) groups is 1. The lowest BCUT2D eigenvalue weighted by atomic mass is 10.1. The minimum absolute atomic E-state index is 0.146. The van der Waals surface area contributed by atoms with Crippen LogP contribution in [0.4, 0.5) is 0 Å². The molecule has 2 N–H and O–H groups in total. The van der Waals surface area contributed by atoms with Gasteiger partial charge in [0.25, 0.3) is 0 Å². The molecule has 2 aromatic rings. The van der Waals surface area contributed by atoms with Crippen molar-refractivity contribution in [2.24, 2.45) is 4.99 Å². The molecule has 0 saturated heterocycles. The molecule has 0 aliphatic carbocycles. The fraction of sp³-hybridized carbons (Fsp3) is 0.591. The number of rotatable bonds is 9. The van der Waals surface area contributed by atoms with Gasteiger partial charge in [-0.05, 0) is 64.2 Å². The van der Waals surface area contributed by atoms with Gasteiger partial charge in [-0.1, -0.05) is 6.07 Å². The third-order valence-corrected chi connectivity index (χ3v) is 5.06. The molecule has 3 rings (SSSR count). The zero-order valence-electron chi connectivity index (χ0n) is 18.6. The summed E-state index contributed by atoms with van der Waals surface area (Å²) in [5.41, 5.74) is 1.23. The molecular weight excluding hydrogens is 380 g/mol. The van der Waals surface area contributed by atoms with Crippen molar-refractivity contribution in [3.8, 4) is 11.5 Å². The highest BCUT2D eigenvalue weighted by Gasteiger charge is 2.24. The molecule has 1 aromatic carbocycles. The average molecular weight is 415 g/mol. The molecule has 0 amide bonds. The molecule has 8 nitrogen and oxygen atoms in total. The molecular formula is C22H34N6O2. The van der Waals surface area contributed by atoms with E-state index in [1.54, 1.807) is 7.11 Å². The molecule has 1 aromatic heterocycles. The zero-order valence-corrected chi connectivity index (χ0v) is 18.6. The van der Waals surface area contributed by atoms with Gasteiger partial charge >= 0.3 is 0 Å². The maximum absolute atomic E-state index is 5.67. The Hall–Kier alpha value is -2.77. The Bertz CT molecular complexity index is 848. The van der Waals surface area contributed by atoms with Crippen LogP contribution in [-0.4, -0.2) is 47.5 Å². The summed E-state index contributed by atoms with van der Waals surface area (Å²) in [6, 6.07) is 6.27. The predicted molar refractivity (Wildman–Crippen MR) is 118 cm³/mol. The molecule has 164 valence electrons. The van der Waals surface area contributed by atoms with Crippen LogP contribution in [0, 0.1) is 6.92 Å². The van der Waals surface area contributed by atoms with Gasteiger partial charge in [0.1, 0.15) is 11.6 Å². The smallest absolute Gasteiger partial charge is 0.191 e. The largest absolute Gasteiger partial charge is 0.493 e. The zero-order chi connectivity index (χ0) is 21.3. The number of guanidine groups is 1. The summed E-state index contributed by atoms with van der Waals surface area (Å²) in [7, 11) is 1.66. The molecule has 2 heterocycles. The van der Waals surface area contributed by atoms with Crippen LogP contribution in [0.25, 0.3) is 0 Å². The average Bonchev–Trinajstić information content (AvgIpc) is 3.13. The van der Waals surface area contributed by atoms with Gasteiger partial charge in [0.2, 0.25) is 0 Å². The third kappa shape index (κ3) is 5.64. The van der Waals surface area contributed by atoms with E-state index in [0.717, 1.165) is 74.4 Å². The van der Waals surface area contributed by atoms with Gasteiger partial charge in [0.05, 0.1) is 19.8 Å². The van der Waals surface area contributed by atoms with E-state index in [2.05, 4.69) is 39.8 Å². The number of aromatic nitrogens is 3. The number of ether oxygens (including phenoxy) is 2. The van der Waals surface area contributed by atoms with E-state index in [-0.39, 0.29) is 6.04 Å². The maximum Gasteiger partial charge on any atom is 0.191 e. The van der Waals surface area contributed by atoms with E-state index in [9.17, 15) is 0 Å². The van der Waals surface area contributed by atoms with E-state index in [1.165, 1.54) is 5.56 Å². The van der Waals surface area contributed by atoms with E-state index < -0.39 is 0 Å². The van der Waals surface area contributed by atoms with Crippen molar-refractivity contribution < 1.29 is 9.47 Å². The van der Waals surface area contributed by atoms with Crippen LogP contribution in [-0.2, 0) is 13.0 Å². The first-order chi connectivity index (χ1) is 14.6. The van der Waals surface area contributed by atoms with Gasteiger partial charge in [0.15, 0.2) is 17.5 Å². The minimum atomic E-state index is 0.146. The summed E-state index contributed by atoms with van der Waals surface area (Å²) in [5.74, 6) is 4.24. The van der Waals surface area contributed by atoms with Crippen molar-refractivity contribution in [2.45, 2.75) is 59.0 Å². The maximum atomic E-state index is 5.67. The molecule has 1 unspecified atom stereocenters. The second-order valence-corrected chi connectivity index (χ2v) is 7.36. The standard InChI is InChI=1S/C22H34N6O2/c1-5-23-22(26-18-10-8-14-28-21(18)25-16(3)27-28)24-13-7-9-17-11-12-19(29-4)20(15-17)30-6-2/h11-12,15,18H,5-10,13-14H2,1-4H3,(H2,23,24,26). The van der Waals surface area contributed by atoms with E-state index in [0.29, 0.717) is 6.61 Å². The van der Waals surface area contributed by atoms with Crippen LogP contribution < -0.4 is 20.1 Å². The molecule has 30 heavy (non-hydrogen) atoms. The number of aryl methyl sites for hydroxylation is 3. The number of hydrogen-bond donors (Lipinski definition) is 2. The first-order valence-corrected chi connectivity index (χ1v) is 10.9. The Morgan fingerprint density at radius 2 is 2.17 bits per heavy atom. The quantitative estimate of drug-likeness (QED) is 0.373. The summed E-state index contributed by atoms with van der Waals surface area (Å²) in [6.07, 6.45) is 4.01. The minimum Gasteiger partial charge on any atom is -0.493 e. The monoisotopic (exact) mass is 414 g/mol. The number of benzene rings is 1. The van der Waals surface area contributed by atoms with Gasteiger partial charge in [-0.15, -0.1) is 0 Å². The fourth-order valence-electron chi connectivity index (χ4n) is 3.71. The lowest BCUT2D eigenvalue weighted by Gasteiger charge is -2.25. The number of nitrogens with zero attached hydrogens (tertiary/aromatic N) is 4. The first-order valence-electron chi connectivity index (χ1n) is 10.9. The molecule has 0 saturated carbocycles. The van der Waals surface area contributed by atoms with Gasteiger partial charge in [-0.25, -0.2) is 9.67 Å². The summed E-state index contributed by atoms with van der Waals surface area (Å²) < 4.78 is 13.0. The van der Waals surface area contributed by atoms with Gasteiger partial charge in [-0.3, -0.25) is 4.99 Å². The molecule has 0 radical (unpaired) electrons. The normalized spacial score (nSPS) is 16.1. The lowest BCUT2D eigenvalue weighted by molar-refractivity contribution is 0.310. The highest BCUT2D eigenvalue weighted by Crippen LogP contribution is 2.28. The Morgan fingerprint density at radius 1 is 1.30 bits per heavy atom. The second-order valence-electron chi connectivity index (χ2n) is 7.36. The van der Waals surface area contributed by atoms with Crippen molar-refractivity contribution in [3.05, 3.63) is 35.4 Å². The third-order valence-electron chi connectivity index (χ3n) is 5.06. The lowest BCUT2D eigenvalue weighted by Crippen LogP contribution is -2.41. The molecule has 1 aliphatic rings. The van der Waals surface area contributed by atoms with E-state index in [4.69, 9.17) is 14.5 Å². The van der Waals surface area contributed by atoms with Crippen molar-refractivity contribution >= 4 is 5.96 Å². The molecule has 1 atom stereocenters. The van der Waals surface area contributed by atoms with Gasteiger partial charge < -0.3 is 20.1 Å². The van der Waals surface area contributed by atoms with Gasteiger partial charge in [0, 0.05) is 19.6 Å². The Kier molecular flexibility index (Phi) is 7.93. The predicted octanol–water partition coefficient (Wildman–Crippen LogP) is 3.02. The Labute approximate surface area is 179 Å². The van der Waals surface area contributed by atoms with Crippen LogP contribution in [0.15, 0.2) is 23.2 Å². The topological polar surface area (TPSA) is 85.6 Å². The van der Waals surface area contributed by atoms with Crippen molar-refractivity contribution in [1.29, 1.82) is 0 Å². The molecule has 0 fully saturated rings. The van der Waals surface area contributed by atoms with E-state index >= 15 is 0 Å². The Morgan fingerprint density at radius 3 is 2.93 bits per heavy atom. The molecule has 8 heteroatoms. The van der Waals surface area contributed by atoms with Crippen LogP contribution >= 0.6 is 0 Å². The molecule has 0 spiro atoms. The molecule has 1 aliphatic heterocycles. The SMILES string of the molecule is CCNC(=NCCCc1ccc(OC)c(OCC)c1)NC1CCCn2nc(C)nc21. The van der Waals surface area contributed by atoms with Crippen LogP contribution in [0.2, 0.25) is 0 Å². The highest BCUT2D eigenvalue weighted by atomic mass is 16.5. The summed E-state index contributed by atoms with van der Waals surface area (Å²) in [4.78, 5) is 9.38. The number of nitrogens with one attached hydrogen (secondary N) is 2. The van der Waals surface area contributed by atoms with E-state index in [1.807, 2.05) is 24.6 Å². The summed E-state index contributed by atoms with van der Waals surface area (Å²) in [5, 5.41) is 11.4. The molecule has 0 bridgehead atoms. The van der Waals surface area contributed by atoms with Crippen LogP contribution in [0.3, 0.4) is 0 Å². The van der Waals surface area contributed by atoms with Crippen molar-refractivity contribution in [2.75, 3.05) is 26.8 Å². The van der Waals surface area contributed by atoms with Crippen LogP contribution in [0.1, 0.15) is 56.4 Å². The number of hydrogen-bond acceptors (Lipinski definition) is 5. The van der Waals surface area contributed by atoms with Crippen molar-refractivity contribution in [3.63, 3.8) is 0 Å². The highest BCUT2D eigenvalue weighted by molar-refractivity contribution is 5.80.